The summed E-state index contributed by atoms with van der Waals surface area (Å²) in [7, 11) is 0. The number of fused-ring (bicyclic) bond motifs is 5. The second-order valence-electron chi connectivity index (χ2n) is 13.8. The predicted molar refractivity (Wildman–Crippen MR) is 217 cm³/mol. The number of benzene rings is 7. The van der Waals surface area contributed by atoms with Crippen molar-refractivity contribution in [3.8, 4) is 67.0 Å². The third-order valence-electron chi connectivity index (χ3n) is 10.8. The lowest BCUT2D eigenvalue weighted by Gasteiger charge is -2.19. The Hall–Kier alpha value is -6.64. The van der Waals surface area contributed by atoms with Gasteiger partial charge in [0.05, 0.1) is 11.4 Å². The molecular weight excluding hydrogens is 629 g/mol. The van der Waals surface area contributed by atoms with E-state index in [4.69, 9.17) is 0 Å². The Morgan fingerprint density at radius 2 is 0.808 bits per heavy atom. The fourth-order valence-corrected chi connectivity index (χ4v) is 8.35. The fourth-order valence-electron chi connectivity index (χ4n) is 8.35. The highest BCUT2D eigenvalue weighted by Crippen LogP contribution is 2.49. The first-order valence-corrected chi connectivity index (χ1v) is 18.0. The second-order valence-corrected chi connectivity index (χ2v) is 13.8. The van der Waals surface area contributed by atoms with Gasteiger partial charge in [0.1, 0.15) is 0 Å². The van der Waals surface area contributed by atoms with E-state index < -0.39 is 0 Å². The SMILES string of the molecule is CC1c2ccccc2-c2ccc(-c3c4ccccc4c(-c4ccc(-c5cc(-c6ccccn6)cc(-c6ccccn6)c5)cc4)c4ccccc34)cc21. The molecule has 2 nitrogen and oxygen atoms in total. The molecule has 0 aliphatic heterocycles. The van der Waals surface area contributed by atoms with E-state index in [1.807, 2.05) is 36.7 Å². The van der Waals surface area contributed by atoms with E-state index in [9.17, 15) is 0 Å². The van der Waals surface area contributed by atoms with E-state index in [1.165, 1.54) is 66.1 Å². The van der Waals surface area contributed by atoms with Gasteiger partial charge >= 0.3 is 0 Å². The summed E-state index contributed by atoms with van der Waals surface area (Å²) in [6, 6.07) is 61.7. The zero-order valence-electron chi connectivity index (χ0n) is 28.8. The quantitative estimate of drug-likeness (QED) is 0.171. The van der Waals surface area contributed by atoms with E-state index in [0.29, 0.717) is 5.92 Å². The van der Waals surface area contributed by atoms with Crippen molar-refractivity contribution in [2.45, 2.75) is 12.8 Å². The zero-order valence-corrected chi connectivity index (χ0v) is 28.8. The molecule has 52 heavy (non-hydrogen) atoms. The molecule has 1 atom stereocenters. The molecule has 0 saturated heterocycles. The van der Waals surface area contributed by atoms with Crippen LogP contribution in [0.2, 0.25) is 0 Å². The first kappa shape index (κ1) is 30.2. The van der Waals surface area contributed by atoms with Crippen molar-refractivity contribution in [3.05, 3.63) is 193 Å². The van der Waals surface area contributed by atoms with Gasteiger partial charge in [-0.05, 0) is 126 Å². The largest absolute Gasteiger partial charge is 0.256 e. The van der Waals surface area contributed by atoms with Crippen molar-refractivity contribution in [2.24, 2.45) is 0 Å². The Morgan fingerprint density at radius 3 is 1.38 bits per heavy atom. The summed E-state index contributed by atoms with van der Waals surface area (Å²) in [4.78, 5) is 9.34. The fraction of sp³-hybridized carbons (Fsp3) is 0.0400. The van der Waals surface area contributed by atoms with Crippen LogP contribution in [0, 0.1) is 0 Å². The Labute approximate surface area is 303 Å². The molecule has 0 amide bonds. The molecule has 0 saturated carbocycles. The Kier molecular flexibility index (Phi) is 7.14. The average molecular weight is 663 g/mol. The minimum absolute atomic E-state index is 0.367. The molecule has 0 fully saturated rings. The molecule has 0 N–H and O–H groups in total. The maximum absolute atomic E-state index is 4.67. The minimum Gasteiger partial charge on any atom is -0.256 e. The van der Waals surface area contributed by atoms with Crippen LogP contribution in [0.4, 0.5) is 0 Å². The van der Waals surface area contributed by atoms with Crippen molar-refractivity contribution >= 4 is 21.5 Å². The molecule has 0 radical (unpaired) electrons. The van der Waals surface area contributed by atoms with Crippen LogP contribution in [0.15, 0.2) is 182 Å². The van der Waals surface area contributed by atoms with Gasteiger partial charge in [0.25, 0.3) is 0 Å². The molecule has 7 aromatic carbocycles. The molecule has 1 aliphatic rings. The highest BCUT2D eigenvalue weighted by Gasteiger charge is 2.26. The monoisotopic (exact) mass is 662 g/mol. The van der Waals surface area contributed by atoms with Crippen LogP contribution in [-0.2, 0) is 0 Å². The third kappa shape index (κ3) is 4.95. The Balaban J connectivity index is 1.12. The van der Waals surface area contributed by atoms with Gasteiger partial charge in [-0.25, -0.2) is 0 Å². The summed E-state index contributed by atoms with van der Waals surface area (Å²) in [6.45, 7) is 2.34. The number of aromatic nitrogens is 2. The summed E-state index contributed by atoms with van der Waals surface area (Å²) in [6.07, 6.45) is 3.70. The summed E-state index contributed by atoms with van der Waals surface area (Å²) in [5, 5.41) is 5.06. The van der Waals surface area contributed by atoms with Crippen molar-refractivity contribution in [1.29, 1.82) is 0 Å². The van der Waals surface area contributed by atoms with Crippen LogP contribution in [0.25, 0.3) is 88.6 Å². The minimum atomic E-state index is 0.367. The number of rotatable bonds is 5. The van der Waals surface area contributed by atoms with E-state index >= 15 is 0 Å². The van der Waals surface area contributed by atoms with Crippen LogP contribution >= 0.6 is 0 Å². The highest BCUT2D eigenvalue weighted by molar-refractivity contribution is 6.21. The van der Waals surface area contributed by atoms with Gasteiger partial charge in [0.2, 0.25) is 0 Å². The van der Waals surface area contributed by atoms with Gasteiger partial charge in [-0.3, -0.25) is 9.97 Å². The summed E-state index contributed by atoms with van der Waals surface area (Å²) < 4.78 is 0. The normalized spacial score (nSPS) is 13.3. The molecular formula is C50H34N2. The maximum atomic E-state index is 4.67. The molecule has 9 aromatic rings. The number of hydrogen-bond acceptors (Lipinski definition) is 2. The standard InChI is InChI=1S/C50H34N2/c1-32-39-12-2-3-13-40(39)41-25-24-35(31-46(32)41)50-44-16-6-4-14-42(44)49(43-15-5-7-17-45(43)50)34-22-20-33(21-23-34)36-28-37(47-18-8-10-26-51-47)30-38(29-36)48-19-9-11-27-52-48/h2-32H,1H3. The molecule has 244 valence electrons. The molecule has 10 rings (SSSR count). The molecule has 0 bridgehead atoms. The van der Waals surface area contributed by atoms with Crippen molar-refractivity contribution in [1.82, 2.24) is 9.97 Å². The first-order valence-electron chi connectivity index (χ1n) is 18.0. The molecule has 0 spiro atoms. The van der Waals surface area contributed by atoms with Crippen molar-refractivity contribution in [2.75, 3.05) is 0 Å². The first-order chi connectivity index (χ1) is 25.7. The average Bonchev–Trinajstić information content (AvgIpc) is 3.51. The Morgan fingerprint density at radius 1 is 0.346 bits per heavy atom. The summed E-state index contributed by atoms with van der Waals surface area (Å²) in [5.74, 6) is 0.367. The van der Waals surface area contributed by atoms with Gasteiger partial charge in [-0.2, -0.15) is 0 Å². The maximum Gasteiger partial charge on any atom is 0.0702 e. The van der Waals surface area contributed by atoms with Gasteiger partial charge in [-0.1, -0.05) is 128 Å². The topological polar surface area (TPSA) is 25.8 Å². The van der Waals surface area contributed by atoms with Crippen molar-refractivity contribution < 1.29 is 0 Å². The van der Waals surface area contributed by atoms with Crippen LogP contribution in [0.3, 0.4) is 0 Å². The van der Waals surface area contributed by atoms with Crippen LogP contribution in [0.1, 0.15) is 24.0 Å². The second kappa shape index (κ2) is 12.3. The van der Waals surface area contributed by atoms with E-state index in [2.05, 4.69) is 162 Å². The van der Waals surface area contributed by atoms with Crippen molar-refractivity contribution in [3.63, 3.8) is 0 Å². The molecule has 2 aromatic heterocycles. The molecule has 2 heterocycles. The van der Waals surface area contributed by atoms with Gasteiger partial charge in [-0.15, -0.1) is 0 Å². The third-order valence-corrected chi connectivity index (χ3v) is 10.8. The molecule has 2 heteroatoms. The Bertz CT molecular complexity index is 2670. The highest BCUT2D eigenvalue weighted by atomic mass is 14.7. The number of hydrogen-bond donors (Lipinski definition) is 0. The number of pyridine rings is 2. The van der Waals surface area contributed by atoms with E-state index in [0.717, 1.165) is 33.6 Å². The lowest BCUT2D eigenvalue weighted by molar-refractivity contribution is 0.957. The zero-order chi connectivity index (χ0) is 34.6. The van der Waals surface area contributed by atoms with E-state index in [1.54, 1.807) is 0 Å². The van der Waals surface area contributed by atoms with Crippen LogP contribution in [0.5, 0.6) is 0 Å². The lowest BCUT2D eigenvalue weighted by atomic mass is 9.84. The van der Waals surface area contributed by atoms with Gasteiger partial charge < -0.3 is 0 Å². The number of nitrogens with zero attached hydrogens (tertiary/aromatic N) is 2. The van der Waals surface area contributed by atoms with Crippen LogP contribution < -0.4 is 0 Å². The smallest absolute Gasteiger partial charge is 0.0702 e. The van der Waals surface area contributed by atoms with Gasteiger partial charge in [0.15, 0.2) is 0 Å². The summed E-state index contributed by atoms with van der Waals surface area (Å²) >= 11 is 0. The summed E-state index contributed by atoms with van der Waals surface area (Å²) in [5.41, 5.74) is 16.9. The molecule has 1 aliphatic carbocycles. The predicted octanol–water partition coefficient (Wildman–Crippen LogP) is 13.3. The van der Waals surface area contributed by atoms with E-state index in [-0.39, 0.29) is 0 Å². The van der Waals surface area contributed by atoms with Crippen LogP contribution in [-0.4, -0.2) is 9.97 Å². The molecule has 1 unspecified atom stereocenters. The van der Waals surface area contributed by atoms with Gasteiger partial charge in [0, 0.05) is 29.4 Å². The lowest BCUT2D eigenvalue weighted by Crippen LogP contribution is -1.93.